The molecule has 86 valence electrons. The number of nitrogens with zero attached hydrogens (tertiary/aromatic N) is 2. The van der Waals surface area contributed by atoms with Crippen LogP contribution >= 0.6 is 23.8 Å². The smallest absolute Gasteiger partial charge is 0.175 e. The third-order valence-corrected chi connectivity index (χ3v) is 3.21. The van der Waals surface area contributed by atoms with Gasteiger partial charge in [0.2, 0.25) is 0 Å². The predicted molar refractivity (Wildman–Crippen MR) is 71.8 cm³/mol. The number of hydrogen-bond donors (Lipinski definition) is 1. The molecule has 0 aliphatic carbocycles. The van der Waals surface area contributed by atoms with E-state index in [9.17, 15) is 0 Å². The van der Waals surface area contributed by atoms with Crippen molar-refractivity contribution in [2.45, 2.75) is 6.92 Å². The molecule has 1 aliphatic heterocycles. The molecular formula is C11H14ClN3S. The van der Waals surface area contributed by atoms with Crippen LogP contribution < -0.4 is 10.2 Å². The van der Waals surface area contributed by atoms with Crippen molar-refractivity contribution in [2.75, 3.05) is 24.8 Å². The zero-order valence-corrected chi connectivity index (χ0v) is 10.7. The van der Waals surface area contributed by atoms with Crippen LogP contribution in [0.1, 0.15) is 6.92 Å². The summed E-state index contributed by atoms with van der Waals surface area (Å²) >= 11 is 11.3. The average Bonchev–Trinajstić information content (AvgIpc) is 2.30. The SMILES string of the molecule is CCN1CNC(=S)N(c2cccc(Cl)c2)C1. The minimum absolute atomic E-state index is 0.730. The molecule has 0 unspecified atom stereocenters. The molecule has 1 heterocycles. The van der Waals surface area contributed by atoms with E-state index in [-0.39, 0.29) is 0 Å². The number of nitrogens with one attached hydrogen (secondary N) is 1. The first-order valence-corrected chi connectivity index (χ1v) is 6.02. The van der Waals surface area contributed by atoms with Crippen LogP contribution in [0.4, 0.5) is 5.69 Å². The van der Waals surface area contributed by atoms with E-state index in [2.05, 4.69) is 17.1 Å². The summed E-state index contributed by atoms with van der Waals surface area (Å²) < 4.78 is 0. The van der Waals surface area contributed by atoms with Crippen LogP contribution in [0.5, 0.6) is 0 Å². The molecule has 0 saturated carbocycles. The van der Waals surface area contributed by atoms with Gasteiger partial charge < -0.3 is 10.2 Å². The Hall–Kier alpha value is -0.840. The summed E-state index contributed by atoms with van der Waals surface area (Å²) in [5, 5.41) is 4.68. The molecule has 1 aliphatic rings. The van der Waals surface area contributed by atoms with Gasteiger partial charge in [0.1, 0.15) is 0 Å². The Bertz CT molecular complexity index is 397. The van der Waals surface area contributed by atoms with E-state index in [4.69, 9.17) is 23.8 Å². The lowest BCUT2D eigenvalue weighted by Gasteiger charge is -2.37. The van der Waals surface area contributed by atoms with E-state index < -0.39 is 0 Å². The van der Waals surface area contributed by atoms with Crippen LogP contribution in [-0.2, 0) is 0 Å². The first-order valence-electron chi connectivity index (χ1n) is 5.24. The molecular weight excluding hydrogens is 242 g/mol. The van der Waals surface area contributed by atoms with E-state index in [0.29, 0.717) is 0 Å². The summed E-state index contributed by atoms with van der Waals surface area (Å²) in [6.45, 7) is 4.74. The number of anilines is 1. The molecule has 1 N–H and O–H groups in total. The Labute approximate surface area is 106 Å². The van der Waals surface area contributed by atoms with Gasteiger partial charge in [-0.25, -0.2) is 0 Å². The van der Waals surface area contributed by atoms with Gasteiger partial charge in [0.25, 0.3) is 0 Å². The first-order chi connectivity index (χ1) is 7.70. The van der Waals surface area contributed by atoms with Crippen LogP contribution in [0, 0.1) is 0 Å². The second kappa shape index (κ2) is 4.99. The van der Waals surface area contributed by atoms with Crippen molar-refractivity contribution in [3.8, 4) is 0 Å². The van der Waals surface area contributed by atoms with Gasteiger partial charge in [-0.1, -0.05) is 24.6 Å². The Morgan fingerprint density at radius 2 is 2.31 bits per heavy atom. The molecule has 1 aromatic rings. The van der Waals surface area contributed by atoms with E-state index in [1.165, 1.54) is 0 Å². The van der Waals surface area contributed by atoms with Crippen molar-refractivity contribution in [3.05, 3.63) is 29.3 Å². The number of hydrogen-bond acceptors (Lipinski definition) is 2. The summed E-state index contributed by atoms with van der Waals surface area (Å²) in [5.74, 6) is 0. The molecule has 0 aromatic heterocycles. The molecule has 0 spiro atoms. The fraction of sp³-hybridized carbons (Fsp3) is 0.364. The van der Waals surface area contributed by atoms with Crippen molar-refractivity contribution in [3.63, 3.8) is 0 Å². The van der Waals surface area contributed by atoms with E-state index in [1.54, 1.807) is 0 Å². The third kappa shape index (κ3) is 2.45. The minimum Gasteiger partial charge on any atom is -0.349 e. The molecule has 0 amide bonds. The van der Waals surface area contributed by atoms with Gasteiger partial charge in [0.05, 0.1) is 13.3 Å². The number of halogens is 1. The molecule has 3 nitrogen and oxygen atoms in total. The number of thiocarbonyl (C=S) groups is 1. The summed E-state index contributed by atoms with van der Waals surface area (Å²) in [5.41, 5.74) is 1.03. The Morgan fingerprint density at radius 3 is 3.00 bits per heavy atom. The van der Waals surface area contributed by atoms with Crippen molar-refractivity contribution < 1.29 is 0 Å². The zero-order valence-electron chi connectivity index (χ0n) is 9.11. The maximum Gasteiger partial charge on any atom is 0.175 e. The molecule has 2 rings (SSSR count). The maximum absolute atomic E-state index is 5.98. The zero-order chi connectivity index (χ0) is 11.5. The molecule has 1 saturated heterocycles. The molecule has 0 radical (unpaired) electrons. The highest BCUT2D eigenvalue weighted by atomic mass is 35.5. The first kappa shape index (κ1) is 11.6. The maximum atomic E-state index is 5.98. The largest absolute Gasteiger partial charge is 0.349 e. The van der Waals surface area contributed by atoms with Crippen LogP contribution in [0.25, 0.3) is 0 Å². The highest BCUT2D eigenvalue weighted by molar-refractivity contribution is 7.80. The molecule has 1 fully saturated rings. The number of rotatable bonds is 2. The fourth-order valence-corrected chi connectivity index (χ4v) is 2.06. The summed E-state index contributed by atoms with van der Waals surface area (Å²) in [4.78, 5) is 4.31. The lowest BCUT2D eigenvalue weighted by Crippen LogP contribution is -2.56. The monoisotopic (exact) mass is 255 g/mol. The average molecular weight is 256 g/mol. The van der Waals surface area contributed by atoms with Gasteiger partial charge >= 0.3 is 0 Å². The summed E-state index contributed by atoms with van der Waals surface area (Å²) in [7, 11) is 0. The minimum atomic E-state index is 0.730. The summed E-state index contributed by atoms with van der Waals surface area (Å²) in [6.07, 6.45) is 0. The van der Waals surface area contributed by atoms with Crippen molar-refractivity contribution in [1.82, 2.24) is 10.2 Å². The highest BCUT2D eigenvalue weighted by Gasteiger charge is 2.20. The van der Waals surface area contributed by atoms with Crippen molar-refractivity contribution >= 4 is 34.6 Å². The Balaban J connectivity index is 2.21. The lowest BCUT2D eigenvalue weighted by molar-refractivity contribution is 0.275. The van der Waals surface area contributed by atoms with Crippen LogP contribution in [0.3, 0.4) is 0 Å². The third-order valence-electron chi connectivity index (χ3n) is 2.61. The summed E-state index contributed by atoms with van der Waals surface area (Å²) in [6, 6.07) is 7.74. The molecule has 5 heteroatoms. The molecule has 0 atom stereocenters. The van der Waals surface area contributed by atoms with Gasteiger partial charge in [0.15, 0.2) is 5.11 Å². The van der Waals surface area contributed by atoms with E-state index in [1.807, 2.05) is 29.2 Å². The van der Waals surface area contributed by atoms with Gasteiger partial charge in [0, 0.05) is 10.7 Å². The molecule has 0 bridgehead atoms. The highest BCUT2D eigenvalue weighted by Crippen LogP contribution is 2.21. The van der Waals surface area contributed by atoms with E-state index in [0.717, 1.165) is 35.7 Å². The van der Waals surface area contributed by atoms with Gasteiger partial charge in [-0.15, -0.1) is 0 Å². The van der Waals surface area contributed by atoms with Crippen LogP contribution in [0.15, 0.2) is 24.3 Å². The molecule has 16 heavy (non-hydrogen) atoms. The quantitative estimate of drug-likeness (QED) is 0.817. The predicted octanol–water partition coefficient (Wildman–Crippen LogP) is 2.27. The molecule has 1 aromatic carbocycles. The van der Waals surface area contributed by atoms with Crippen molar-refractivity contribution in [2.24, 2.45) is 0 Å². The topological polar surface area (TPSA) is 18.5 Å². The Kier molecular flexibility index (Phi) is 3.63. The Morgan fingerprint density at radius 1 is 1.50 bits per heavy atom. The van der Waals surface area contributed by atoms with Gasteiger partial charge in [-0.3, -0.25) is 4.90 Å². The van der Waals surface area contributed by atoms with Crippen LogP contribution in [0.2, 0.25) is 5.02 Å². The van der Waals surface area contributed by atoms with E-state index >= 15 is 0 Å². The van der Waals surface area contributed by atoms with Gasteiger partial charge in [-0.05, 0) is 37.0 Å². The van der Waals surface area contributed by atoms with Gasteiger partial charge in [-0.2, -0.15) is 0 Å². The number of benzene rings is 1. The second-order valence-electron chi connectivity index (χ2n) is 3.68. The van der Waals surface area contributed by atoms with Crippen molar-refractivity contribution in [1.29, 1.82) is 0 Å². The van der Waals surface area contributed by atoms with Crippen LogP contribution in [-0.4, -0.2) is 29.9 Å². The lowest BCUT2D eigenvalue weighted by atomic mass is 10.3. The second-order valence-corrected chi connectivity index (χ2v) is 4.50. The fourth-order valence-electron chi connectivity index (χ4n) is 1.64. The standard InChI is InChI=1S/C11H14ClN3S/c1-2-14-7-13-11(16)15(8-14)10-5-3-4-9(12)6-10/h3-6H,2,7-8H2,1H3,(H,13,16). The normalized spacial score (nSPS) is 17.4.